The zero-order valence-corrected chi connectivity index (χ0v) is 13.9. The predicted molar refractivity (Wildman–Crippen MR) is 89.9 cm³/mol. The van der Waals surface area contributed by atoms with E-state index >= 15 is 0 Å². The average Bonchev–Trinajstić information content (AvgIpc) is 2.54. The summed E-state index contributed by atoms with van der Waals surface area (Å²) in [7, 11) is 3.07. The molecule has 1 amide bonds. The first-order valence-electron chi connectivity index (χ1n) is 6.95. The number of ether oxygens (including phenoxy) is 3. The molecular weight excluding hydrogens is 318 g/mol. The van der Waals surface area contributed by atoms with Crippen molar-refractivity contribution in [1.29, 1.82) is 0 Å². The molecule has 6 heteroatoms. The van der Waals surface area contributed by atoms with Crippen LogP contribution in [0.5, 0.6) is 17.2 Å². The Balaban J connectivity index is 2.08. The molecule has 23 heavy (non-hydrogen) atoms. The van der Waals surface area contributed by atoms with Crippen molar-refractivity contribution in [2.24, 2.45) is 0 Å². The van der Waals surface area contributed by atoms with E-state index in [2.05, 4.69) is 5.32 Å². The molecular formula is C17H18ClNO4. The monoisotopic (exact) mass is 335 g/mol. The number of carbonyl (C=O) groups is 1. The van der Waals surface area contributed by atoms with Gasteiger partial charge >= 0.3 is 0 Å². The Morgan fingerprint density at radius 3 is 2.30 bits per heavy atom. The number of benzene rings is 2. The zero-order chi connectivity index (χ0) is 16.8. The van der Waals surface area contributed by atoms with Crippen molar-refractivity contribution in [2.75, 3.05) is 26.1 Å². The van der Waals surface area contributed by atoms with Crippen molar-refractivity contribution in [3.8, 4) is 17.2 Å². The standard InChI is InChI=1S/C17H18ClNO4/c1-11-8-14(21-2)17(15(9-11)22-3)23-10-16(20)19-13-7-5-4-6-12(13)18/h4-9H,10H2,1-3H3,(H,19,20). The summed E-state index contributed by atoms with van der Waals surface area (Å²) in [6, 6.07) is 10.6. The van der Waals surface area contributed by atoms with Crippen molar-refractivity contribution >= 4 is 23.2 Å². The average molecular weight is 336 g/mol. The molecule has 0 fully saturated rings. The maximum atomic E-state index is 12.0. The van der Waals surface area contributed by atoms with E-state index in [4.69, 9.17) is 25.8 Å². The number of para-hydroxylation sites is 1. The largest absolute Gasteiger partial charge is 0.493 e. The van der Waals surface area contributed by atoms with Crippen LogP contribution in [0.25, 0.3) is 0 Å². The molecule has 0 unspecified atom stereocenters. The Labute approximate surface area is 140 Å². The second kappa shape index (κ2) is 7.74. The number of hydrogen-bond donors (Lipinski definition) is 1. The Hall–Kier alpha value is -2.40. The molecule has 2 aromatic rings. The first kappa shape index (κ1) is 17.0. The molecule has 0 bridgehead atoms. The van der Waals surface area contributed by atoms with Crippen molar-refractivity contribution in [1.82, 2.24) is 0 Å². The summed E-state index contributed by atoms with van der Waals surface area (Å²) in [5.74, 6) is 1.07. The van der Waals surface area contributed by atoms with Crippen molar-refractivity contribution < 1.29 is 19.0 Å². The summed E-state index contributed by atoms with van der Waals surface area (Å²) in [5, 5.41) is 3.15. The third-order valence-electron chi connectivity index (χ3n) is 3.10. The third kappa shape index (κ3) is 4.29. The molecule has 0 saturated carbocycles. The van der Waals surface area contributed by atoms with Gasteiger partial charge in [-0.05, 0) is 36.8 Å². The molecule has 0 spiro atoms. The minimum atomic E-state index is -0.331. The summed E-state index contributed by atoms with van der Waals surface area (Å²) in [5.41, 5.74) is 1.50. The van der Waals surface area contributed by atoms with E-state index < -0.39 is 0 Å². The lowest BCUT2D eigenvalue weighted by molar-refractivity contribution is -0.118. The number of halogens is 1. The molecule has 2 aromatic carbocycles. The number of methoxy groups -OCH3 is 2. The van der Waals surface area contributed by atoms with Gasteiger partial charge in [0.2, 0.25) is 5.75 Å². The fraction of sp³-hybridized carbons (Fsp3) is 0.235. The number of nitrogens with one attached hydrogen (secondary N) is 1. The first-order chi connectivity index (χ1) is 11.0. The highest BCUT2D eigenvalue weighted by molar-refractivity contribution is 6.33. The van der Waals surface area contributed by atoms with Crippen molar-refractivity contribution in [2.45, 2.75) is 6.92 Å². The maximum Gasteiger partial charge on any atom is 0.262 e. The van der Waals surface area contributed by atoms with Crippen LogP contribution in [-0.2, 0) is 4.79 Å². The van der Waals surface area contributed by atoms with Crippen LogP contribution in [0.3, 0.4) is 0 Å². The van der Waals surface area contributed by atoms with Crippen LogP contribution < -0.4 is 19.5 Å². The fourth-order valence-electron chi connectivity index (χ4n) is 2.04. The van der Waals surface area contributed by atoms with Crippen LogP contribution in [0.4, 0.5) is 5.69 Å². The Kier molecular flexibility index (Phi) is 5.71. The molecule has 5 nitrogen and oxygen atoms in total. The number of amides is 1. The Morgan fingerprint density at radius 1 is 1.13 bits per heavy atom. The van der Waals surface area contributed by atoms with Crippen LogP contribution in [0.2, 0.25) is 5.02 Å². The predicted octanol–water partition coefficient (Wildman–Crippen LogP) is 3.68. The van der Waals surface area contributed by atoms with Gasteiger partial charge in [0.05, 0.1) is 24.9 Å². The number of anilines is 1. The third-order valence-corrected chi connectivity index (χ3v) is 3.43. The van der Waals surface area contributed by atoms with Crippen molar-refractivity contribution in [3.05, 3.63) is 47.0 Å². The Bertz CT molecular complexity index is 678. The van der Waals surface area contributed by atoms with E-state index in [1.165, 1.54) is 14.2 Å². The Morgan fingerprint density at radius 2 is 1.74 bits per heavy atom. The normalized spacial score (nSPS) is 10.1. The minimum Gasteiger partial charge on any atom is -0.493 e. The van der Waals surface area contributed by atoms with Crippen LogP contribution in [-0.4, -0.2) is 26.7 Å². The van der Waals surface area contributed by atoms with Gasteiger partial charge in [0.1, 0.15) is 0 Å². The van der Waals surface area contributed by atoms with Gasteiger partial charge < -0.3 is 19.5 Å². The molecule has 0 radical (unpaired) electrons. The second-order valence-corrected chi connectivity index (χ2v) is 5.22. The summed E-state index contributed by atoms with van der Waals surface area (Å²) in [6.45, 7) is 1.72. The van der Waals surface area contributed by atoms with E-state index in [0.717, 1.165) is 5.56 Å². The molecule has 0 aliphatic carbocycles. The summed E-state index contributed by atoms with van der Waals surface area (Å²) < 4.78 is 16.1. The van der Waals surface area contributed by atoms with Gasteiger partial charge in [-0.25, -0.2) is 0 Å². The quantitative estimate of drug-likeness (QED) is 0.874. The summed E-state index contributed by atoms with van der Waals surface area (Å²) >= 11 is 6.00. The highest BCUT2D eigenvalue weighted by atomic mass is 35.5. The maximum absolute atomic E-state index is 12.0. The van der Waals surface area contributed by atoms with Gasteiger partial charge in [-0.1, -0.05) is 23.7 Å². The second-order valence-electron chi connectivity index (χ2n) is 4.82. The minimum absolute atomic E-state index is 0.193. The molecule has 0 heterocycles. The molecule has 1 N–H and O–H groups in total. The first-order valence-corrected chi connectivity index (χ1v) is 7.32. The van der Waals surface area contributed by atoms with Gasteiger partial charge in [0, 0.05) is 0 Å². The molecule has 0 atom stereocenters. The zero-order valence-electron chi connectivity index (χ0n) is 13.2. The molecule has 0 aliphatic heterocycles. The molecule has 0 aromatic heterocycles. The lowest BCUT2D eigenvalue weighted by atomic mass is 10.2. The number of carbonyl (C=O) groups excluding carboxylic acids is 1. The van der Waals surface area contributed by atoms with E-state index in [-0.39, 0.29) is 12.5 Å². The van der Waals surface area contributed by atoms with Crippen LogP contribution >= 0.6 is 11.6 Å². The number of hydrogen-bond acceptors (Lipinski definition) is 4. The number of aryl methyl sites for hydroxylation is 1. The molecule has 0 saturated heterocycles. The van der Waals surface area contributed by atoms with Crippen LogP contribution in [0.1, 0.15) is 5.56 Å². The summed E-state index contributed by atoms with van der Waals surface area (Å²) in [4.78, 5) is 12.0. The van der Waals surface area contributed by atoms with E-state index in [9.17, 15) is 4.79 Å². The SMILES string of the molecule is COc1cc(C)cc(OC)c1OCC(=O)Nc1ccccc1Cl. The summed E-state index contributed by atoms with van der Waals surface area (Å²) in [6.07, 6.45) is 0. The van der Waals surface area contributed by atoms with Gasteiger partial charge in [-0.3, -0.25) is 4.79 Å². The van der Waals surface area contributed by atoms with Crippen molar-refractivity contribution in [3.63, 3.8) is 0 Å². The van der Waals surface area contributed by atoms with Gasteiger partial charge in [0.25, 0.3) is 5.91 Å². The fourth-order valence-corrected chi connectivity index (χ4v) is 2.22. The molecule has 0 aliphatic rings. The highest BCUT2D eigenvalue weighted by Gasteiger charge is 2.15. The topological polar surface area (TPSA) is 56.8 Å². The van der Waals surface area contributed by atoms with Gasteiger partial charge in [-0.15, -0.1) is 0 Å². The van der Waals surface area contributed by atoms with E-state index in [1.807, 2.05) is 19.1 Å². The van der Waals surface area contributed by atoms with Crippen LogP contribution in [0.15, 0.2) is 36.4 Å². The number of rotatable bonds is 6. The van der Waals surface area contributed by atoms with E-state index in [1.54, 1.807) is 24.3 Å². The lowest BCUT2D eigenvalue weighted by Gasteiger charge is -2.15. The van der Waals surface area contributed by atoms with Crippen LogP contribution in [0, 0.1) is 6.92 Å². The lowest BCUT2D eigenvalue weighted by Crippen LogP contribution is -2.20. The van der Waals surface area contributed by atoms with E-state index in [0.29, 0.717) is 28.0 Å². The van der Waals surface area contributed by atoms with Gasteiger partial charge in [-0.2, -0.15) is 0 Å². The smallest absolute Gasteiger partial charge is 0.262 e. The highest BCUT2D eigenvalue weighted by Crippen LogP contribution is 2.38. The molecule has 122 valence electrons. The van der Waals surface area contributed by atoms with Gasteiger partial charge in [0.15, 0.2) is 18.1 Å². The molecule has 2 rings (SSSR count).